The largest absolute Gasteiger partial charge is 0.456 e. The molecule has 0 aromatic rings. The molecule has 2 aliphatic rings. The van der Waals surface area contributed by atoms with Crippen molar-refractivity contribution in [3.05, 3.63) is 24.3 Å². The zero-order valence-corrected chi connectivity index (χ0v) is 11.5. The molecular formula is C15H20O4. The van der Waals surface area contributed by atoms with E-state index in [1.54, 1.807) is 6.92 Å². The van der Waals surface area contributed by atoms with Crippen LogP contribution in [0.2, 0.25) is 0 Å². The Morgan fingerprint density at radius 2 is 2.16 bits per heavy atom. The quantitative estimate of drug-likeness (QED) is 0.434. The van der Waals surface area contributed by atoms with Crippen molar-refractivity contribution in [1.82, 2.24) is 0 Å². The Morgan fingerprint density at radius 1 is 1.42 bits per heavy atom. The minimum absolute atomic E-state index is 0.279. The first-order valence-electron chi connectivity index (χ1n) is 6.69. The molecule has 4 heteroatoms. The molecule has 0 N–H and O–H groups in total. The summed E-state index contributed by atoms with van der Waals surface area (Å²) in [4.78, 5) is 23.0. The Bertz CT molecular complexity index is 437. The van der Waals surface area contributed by atoms with Gasteiger partial charge >= 0.3 is 11.9 Å². The molecule has 1 saturated carbocycles. The van der Waals surface area contributed by atoms with Gasteiger partial charge in [-0.15, -0.1) is 0 Å². The molecule has 0 amide bonds. The highest BCUT2D eigenvalue weighted by atomic mass is 16.6. The second-order valence-corrected chi connectivity index (χ2v) is 5.44. The fourth-order valence-corrected chi connectivity index (χ4v) is 3.01. The molecule has 19 heavy (non-hydrogen) atoms. The third-order valence-corrected chi connectivity index (χ3v) is 4.04. The van der Waals surface area contributed by atoms with E-state index in [9.17, 15) is 9.59 Å². The predicted molar refractivity (Wildman–Crippen MR) is 70.2 cm³/mol. The van der Waals surface area contributed by atoms with Crippen molar-refractivity contribution in [1.29, 1.82) is 0 Å². The maximum absolute atomic E-state index is 11.8. The minimum Gasteiger partial charge on any atom is -0.456 e. The molecule has 104 valence electrons. The number of ether oxygens (including phenoxy) is 2. The van der Waals surface area contributed by atoms with Gasteiger partial charge in [-0.25, -0.2) is 9.59 Å². The van der Waals surface area contributed by atoms with Gasteiger partial charge in [-0.2, -0.15) is 0 Å². The van der Waals surface area contributed by atoms with Gasteiger partial charge < -0.3 is 9.47 Å². The lowest BCUT2D eigenvalue weighted by molar-refractivity contribution is -0.171. The van der Waals surface area contributed by atoms with Crippen LogP contribution in [-0.4, -0.2) is 24.1 Å². The number of rotatable bonds is 5. The molecule has 4 nitrogen and oxygen atoms in total. The van der Waals surface area contributed by atoms with Crippen molar-refractivity contribution in [3.8, 4) is 0 Å². The lowest BCUT2D eigenvalue weighted by Gasteiger charge is -2.34. The van der Waals surface area contributed by atoms with E-state index in [4.69, 9.17) is 9.47 Å². The van der Waals surface area contributed by atoms with Gasteiger partial charge in [-0.3, -0.25) is 0 Å². The molecule has 3 atom stereocenters. The van der Waals surface area contributed by atoms with E-state index < -0.39 is 17.5 Å². The molecular weight excluding hydrogens is 244 g/mol. The Hall–Kier alpha value is -1.58. The second-order valence-electron chi connectivity index (χ2n) is 5.44. The smallest absolute Gasteiger partial charge is 0.344 e. The average Bonchev–Trinajstić information content (AvgIpc) is 2.96. The molecule has 0 aliphatic heterocycles. The monoisotopic (exact) mass is 264 g/mol. The molecule has 0 spiro atoms. The first kappa shape index (κ1) is 13.8. The highest BCUT2D eigenvalue weighted by Gasteiger charge is 2.50. The van der Waals surface area contributed by atoms with Crippen molar-refractivity contribution in [2.24, 2.45) is 11.8 Å². The number of fused-ring (bicyclic) bond motifs is 2. The summed E-state index contributed by atoms with van der Waals surface area (Å²) in [5.41, 5.74) is -0.118. The molecule has 0 aromatic carbocycles. The fourth-order valence-electron chi connectivity index (χ4n) is 3.01. The van der Waals surface area contributed by atoms with Gasteiger partial charge in [0.15, 0.2) is 6.61 Å². The van der Waals surface area contributed by atoms with E-state index >= 15 is 0 Å². The van der Waals surface area contributed by atoms with Crippen LogP contribution < -0.4 is 0 Å². The molecule has 0 saturated heterocycles. The number of allylic oxidation sites excluding steroid dienone is 1. The molecule has 3 unspecified atom stereocenters. The first-order valence-corrected chi connectivity index (χ1v) is 6.69. The van der Waals surface area contributed by atoms with Crippen LogP contribution in [0, 0.1) is 11.8 Å². The van der Waals surface area contributed by atoms with E-state index in [0.717, 1.165) is 19.3 Å². The third kappa shape index (κ3) is 2.72. The minimum atomic E-state index is -0.560. The lowest BCUT2D eigenvalue weighted by atomic mass is 9.85. The number of carbonyl (C=O) groups excluding carboxylic acids is 2. The van der Waals surface area contributed by atoms with Crippen LogP contribution in [0.15, 0.2) is 24.3 Å². The van der Waals surface area contributed by atoms with Crippen LogP contribution in [0.25, 0.3) is 0 Å². The summed E-state index contributed by atoms with van der Waals surface area (Å²) in [6.07, 6.45) is 7.08. The van der Waals surface area contributed by atoms with Crippen LogP contribution in [0.1, 0.15) is 33.1 Å². The zero-order valence-electron chi connectivity index (χ0n) is 11.5. The summed E-state index contributed by atoms with van der Waals surface area (Å²) < 4.78 is 10.4. The summed E-state index contributed by atoms with van der Waals surface area (Å²) in [6.45, 7) is 6.70. The molecule has 0 aromatic heterocycles. The molecule has 0 radical (unpaired) electrons. The van der Waals surface area contributed by atoms with Crippen LogP contribution in [0.5, 0.6) is 0 Å². The summed E-state index contributed by atoms with van der Waals surface area (Å²) in [6, 6.07) is 0. The first-order chi connectivity index (χ1) is 8.97. The van der Waals surface area contributed by atoms with Gasteiger partial charge in [0.2, 0.25) is 0 Å². The van der Waals surface area contributed by atoms with Gasteiger partial charge in [0, 0.05) is 11.5 Å². The normalized spacial score (nSPS) is 31.3. The number of hydrogen-bond donors (Lipinski definition) is 0. The standard InChI is InChI=1S/C15H20O4/c1-4-15(8-11-5-6-12(15)7-11)19-13(16)9-18-14(17)10(2)3/h5-6,11-12H,2,4,7-9H2,1,3H3. The van der Waals surface area contributed by atoms with Crippen molar-refractivity contribution in [3.63, 3.8) is 0 Å². The van der Waals surface area contributed by atoms with E-state index in [-0.39, 0.29) is 12.2 Å². The molecule has 2 aliphatic carbocycles. The van der Waals surface area contributed by atoms with Gasteiger partial charge in [0.1, 0.15) is 5.60 Å². The van der Waals surface area contributed by atoms with Gasteiger partial charge in [-0.1, -0.05) is 25.7 Å². The van der Waals surface area contributed by atoms with Gasteiger partial charge in [0.25, 0.3) is 0 Å². The summed E-state index contributed by atoms with van der Waals surface area (Å²) in [7, 11) is 0. The Morgan fingerprint density at radius 3 is 2.63 bits per heavy atom. The lowest BCUT2D eigenvalue weighted by Crippen LogP contribution is -2.39. The highest BCUT2D eigenvalue weighted by molar-refractivity contribution is 5.88. The average molecular weight is 264 g/mol. The molecule has 2 rings (SSSR count). The summed E-state index contributed by atoms with van der Waals surface area (Å²) in [5.74, 6) is -0.202. The van der Waals surface area contributed by atoms with E-state index in [0.29, 0.717) is 11.8 Å². The maximum atomic E-state index is 11.8. The Labute approximate surface area is 113 Å². The number of esters is 2. The van der Waals surface area contributed by atoms with Crippen molar-refractivity contribution < 1.29 is 19.1 Å². The van der Waals surface area contributed by atoms with Crippen LogP contribution in [0.3, 0.4) is 0 Å². The van der Waals surface area contributed by atoms with Gasteiger partial charge in [0.05, 0.1) is 0 Å². The zero-order chi connectivity index (χ0) is 14.0. The Balaban J connectivity index is 1.89. The third-order valence-electron chi connectivity index (χ3n) is 4.04. The van der Waals surface area contributed by atoms with Gasteiger partial charge in [-0.05, 0) is 32.1 Å². The summed E-state index contributed by atoms with van der Waals surface area (Å²) in [5, 5.41) is 0. The van der Waals surface area contributed by atoms with Crippen LogP contribution in [-0.2, 0) is 19.1 Å². The summed E-state index contributed by atoms with van der Waals surface area (Å²) >= 11 is 0. The fraction of sp³-hybridized carbons (Fsp3) is 0.600. The van der Waals surface area contributed by atoms with Crippen LogP contribution in [0.4, 0.5) is 0 Å². The predicted octanol–water partition coefficient (Wildman–Crippen LogP) is 2.39. The second kappa shape index (κ2) is 5.19. The van der Waals surface area contributed by atoms with E-state index in [2.05, 4.69) is 18.7 Å². The van der Waals surface area contributed by atoms with Crippen molar-refractivity contribution >= 4 is 11.9 Å². The molecule has 0 heterocycles. The van der Waals surface area contributed by atoms with Crippen molar-refractivity contribution in [2.75, 3.05) is 6.61 Å². The van der Waals surface area contributed by atoms with Crippen LogP contribution >= 0.6 is 0 Å². The van der Waals surface area contributed by atoms with Crippen molar-refractivity contribution in [2.45, 2.75) is 38.7 Å². The van der Waals surface area contributed by atoms with E-state index in [1.165, 1.54) is 0 Å². The molecule has 1 fully saturated rings. The maximum Gasteiger partial charge on any atom is 0.344 e. The number of hydrogen-bond acceptors (Lipinski definition) is 4. The Kier molecular flexibility index (Phi) is 3.78. The van der Waals surface area contributed by atoms with E-state index in [1.807, 2.05) is 6.92 Å². The number of carbonyl (C=O) groups is 2. The SMILES string of the molecule is C=C(C)C(=O)OCC(=O)OC1(CC)CC2C=CC1C2. The molecule has 2 bridgehead atoms. The highest BCUT2D eigenvalue weighted by Crippen LogP contribution is 2.50. The topological polar surface area (TPSA) is 52.6 Å².